The number of para-hydroxylation sites is 1. The fraction of sp³-hybridized carbons (Fsp3) is 0.474. The second-order valence-corrected chi connectivity index (χ2v) is 7.76. The van der Waals surface area contributed by atoms with Gasteiger partial charge in [0.15, 0.2) is 5.96 Å². The second-order valence-electron chi connectivity index (χ2n) is 6.78. The van der Waals surface area contributed by atoms with Gasteiger partial charge in [0.05, 0.1) is 12.6 Å². The number of fused-ring (bicyclic) bond motifs is 1. The lowest BCUT2D eigenvalue weighted by molar-refractivity contribution is 0.0396. The van der Waals surface area contributed by atoms with Crippen molar-refractivity contribution < 1.29 is 4.74 Å². The summed E-state index contributed by atoms with van der Waals surface area (Å²) in [5, 5.41) is 10.0. The van der Waals surface area contributed by atoms with Gasteiger partial charge in [-0.05, 0) is 31.7 Å². The Labute approximate surface area is 152 Å². The third kappa shape index (κ3) is 3.49. The van der Waals surface area contributed by atoms with Crippen molar-refractivity contribution in [2.24, 2.45) is 4.99 Å². The van der Waals surface area contributed by atoms with Crippen LogP contribution in [0.25, 0.3) is 0 Å². The molecule has 0 bridgehead atoms. The Morgan fingerprint density at radius 3 is 2.96 bits per heavy atom. The summed E-state index contributed by atoms with van der Waals surface area (Å²) in [5.41, 5.74) is 1.21. The zero-order valence-corrected chi connectivity index (χ0v) is 15.3. The second kappa shape index (κ2) is 7.04. The van der Waals surface area contributed by atoms with Gasteiger partial charge >= 0.3 is 0 Å². The highest BCUT2D eigenvalue weighted by molar-refractivity contribution is 7.09. The monoisotopic (exact) mass is 356 g/mol. The topological polar surface area (TPSA) is 58.5 Å². The number of nitrogens with zero attached hydrogens (tertiary/aromatic N) is 2. The van der Waals surface area contributed by atoms with Gasteiger partial charge in [0.1, 0.15) is 16.4 Å². The lowest BCUT2D eigenvalue weighted by Crippen LogP contribution is -2.46. The quantitative estimate of drug-likeness (QED) is 0.651. The van der Waals surface area contributed by atoms with Gasteiger partial charge < -0.3 is 15.4 Å². The van der Waals surface area contributed by atoms with Gasteiger partial charge in [0, 0.05) is 30.6 Å². The lowest BCUT2D eigenvalue weighted by Gasteiger charge is -2.40. The number of hydrogen-bond donors (Lipinski definition) is 2. The smallest absolute Gasteiger partial charge is 0.191 e. The van der Waals surface area contributed by atoms with Crippen LogP contribution >= 0.6 is 11.3 Å². The fourth-order valence-electron chi connectivity index (χ4n) is 3.93. The molecule has 1 aromatic carbocycles. The number of benzene rings is 1. The molecule has 0 radical (unpaired) electrons. The summed E-state index contributed by atoms with van der Waals surface area (Å²) in [7, 11) is 1.81. The predicted molar refractivity (Wildman–Crippen MR) is 101 cm³/mol. The molecule has 1 aliphatic heterocycles. The number of guanidine groups is 1. The first-order valence-corrected chi connectivity index (χ1v) is 9.79. The summed E-state index contributed by atoms with van der Waals surface area (Å²) in [6.45, 7) is 0.688. The van der Waals surface area contributed by atoms with Gasteiger partial charge in [0.25, 0.3) is 0 Å². The molecule has 1 aromatic heterocycles. The minimum atomic E-state index is -0.0137. The van der Waals surface area contributed by atoms with Crippen molar-refractivity contribution in [2.75, 3.05) is 7.05 Å². The number of thiazole rings is 1. The molecule has 1 spiro atoms. The first kappa shape index (κ1) is 16.4. The highest BCUT2D eigenvalue weighted by atomic mass is 32.1. The lowest BCUT2D eigenvalue weighted by atomic mass is 9.86. The van der Waals surface area contributed by atoms with Gasteiger partial charge in [0.2, 0.25) is 0 Å². The van der Waals surface area contributed by atoms with E-state index >= 15 is 0 Å². The number of hydrogen-bond acceptors (Lipinski definition) is 4. The van der Waals surface area contributed by atoms with Crippen molar-refractivity contribution in [2.45, 2.75) is 50.3 Å². The first-order valence-electron chi connectivity index (χ1n) is 8.91. The number of aromatic nitrogens is 1. The summed E-state index contributed by atoms with van der Waals surface area (Å²) < 4.78 is 6.44. The van der Waals surface area contributed by atoms with E-state index in [4.69, 9.17) is 4.74 Å². The van der Waals surface area contributed by atoms with Crippen molar-refractivity contribution in [3.63, 3.8) is 0 Å². The van der Waals surface area contributed by atoms with Crippen LogP contribution in [0.2, 0.25) is 0 Å². The standard InChI is InChI=1S/C19H24N4OS/c1-20-18(22-13-17-21-10-11-25-17)23-15-12-19(8-4-5-9-19)24-16-7-3-2-6-14(15)16/h2-3,6-7,10-11,15H,4-5,8-9,12-13H2,1H3,(H2,20,22,23). The molecule has 0 saturated heterocycles. The molecular formula is C19H24N4OS. The number of rotatable bonds is 3. The Balaban J connectivity index is 1.51. The average molecular weight is 356 g/mol. The largest absolute Gasteiger partial charge is 0.487 e. The fourth-order valence-corrected chi connectivity index (χ4v) is 4.49. The zero-order chi connectivity index (χ0) is 17.1. The molecule has 2 heterocycles. The van der Waals surface area contributed by atoms with Crippen LogP contribution in [0.5, 0.6) is 5.75 Å². The highest BCUT2D eigenvalue weighted by Crippen LogP contribution is 2.46. The van der Waals surface area contributed by atoms with E-state index in [0.717, 1.165) is 36.0 Å². The summed E-state index contributed by atoms with van der Waals surface area (Å²) in [4.78, 5) is 8.72. The van der Waals surface area contributed by atoms with Gasteiger partial charge in [-0.25, -0.2) is 4.98 Å². The Morgan fingerprint density at radius 2 is 2.20 bits per heavy atom. The molecule has 1 saturated carbocycles. The Hall–Kier alpha value is -2.08. The molecular weight excluding hydrogens is 332 g/mol. The van der Waals surface area contributed by atoms with E-state index in [9.17, 15) is 0 Å². The Kier molecular flexibility index (Phi) is 4.61. The van der Waals surface area contributed by atoms with Gasteiger partial charge in [-0.2, -0.15) is 0 Å². The number of nitrogens with one attached hydrogen (secondary N) is 2. The normalized spacial score (nSPS) is 21.6. The molecule has 2 N–H and O–H groups in total. The molecule has 2 aliphatic rings. The third-order valence-electron chi connectivity index (χ3n) is 5.14. The summed E-state index contributed by atoms with van der Waals surface area (Å²) in [6, 6.07) is 8.60. The third-order valence-corrected chi connectivity index (χ3v) is 5.92. The zero-order valence-electron chi connectivity index (χ0n) is 14.5. The van der Waals surface area contributed by atoms with E-state index < -0.39 is 0 Å². The number of ether oxygens (including phenoxy) is 1. The summed E-state index contributed by atoms with van der Waals surface area (Å²) in [6.07, 6.45) is 7.62. The minimum Gasteiger partial charge on any atom is -0.487 e. The van der Waals surface area contributed by atoms with Crippen molar-refractivity contribution in [3.05, 3.63) is 46.4 Å². The maximum atomic E-state index is 6.44. The first-order chi connectivity index (χ1) is 12.3. The van der Waals surface area contributed by atoms with Crippen LogP contribution in [-0.4, -0.2) is 23.6 Å². The molecule has 1 unspecified atom stereocenters. The van der Waals surface area contributed by atoms with E-state index in [1.165, 1.54) is 18.4 Å². The average Bonchev–Trinajstić information content (AvgIpc) is 3.31. The van der Waals surface area contributed by atoms with Gasteiger partial charge in [-0.1, -0.05) is 18.2 Å². The maximum absolute atomic E-state index is 6.44. The Bertz CT molecular complexity index is 738. The van der Waals surface area contributed by atoms with Crippen LogP contribution in [0.15, 0.2) is 40.8 Å². The van der Waals surface area contributed by atoms with Crippen molar-refractivity contribution in [1.82, 2.24) is 15.6 Å². The molecule has 1 fully saturated rings. The minimum absolute atomic E-state index is 0.0137. The van der Waals surface area contributed by atoms with Crippen LogP contribution < -0.4 is 15.4 Å². The SMILES string of the molecule is CN=C(NCc1nccs1)NC1CC2(CCCC2)Oc2ccccc21. The molecule has 4 rings (SSSR count). The predicted octanol–water partition coefficient (Wildman–Crippen LogP) is 3.64. The van der Waals surface area contributed by atoms with Crippen LogP contribution in [0.3, 0.4) is 0 Å². The highest BCUT2D eigenvalue weighted by Gasteiger charge is 2.43. The Morgan fingerprint density at radius 1 is 1.36 bits per heavy atom. The van der Waals surface area contributed by atoms with E-state index in [0.29, 0.717) is 6.54 Å². The molecule has 25 heavy (non-hydrogen) atoms. The molecule has 1 atom stereocenters. The molecule has 6 heteroatoms. The van der Waals surface area contributed by atoms with Gasteiger partial charge in [-0.15, -0.1) is 11.3 Å². The van der Waals surface area contributed by atoms with Crippen molar-refractivity contribution in [3.8, 4) is 5.75 Å². The van der Waals surface area contributed by atoms with Crippen LogP contribution in [0, 0.1) is 0 Å². The van der Waals surface area contributed by atoms with E-state index in [1.54, 1.807) is 11.3 Å². The molecule has 132 valence electrons. The van der Waals surface area contributed by atoms with Gasteiger partial charge in [-0.3, -0.25) is 4.99 Å². The summed E-state index contributed by atoms with van der Waals surface area (Å²) in [5.74, 6) is 1.83. The maximum Gasteiger partial charge on any atom is 0.191 e. The van der Waals surface area contributed by atoms with E-state index in [1.807, 2.05) is 18.6 Å². The van der Waals surface area contributed by atoms with E-state index in [2.05, 4.69) is 44.9 Å². The molecule has 0 amide bonds. The van der Waals surface area contributed by atoms with Crippen molar-refractivity contribution >= 4 is 17.3 Å². The van der Waals surface area contributed by atoms with Crippen LogP contribution in [-0.2, 0) is 6.54 Å². The summed E-state index contributed by atoms with van der Waals surface area (Å²) >= 11 is 1.65. The van der Waals surface area contributed by atoms with Crippen LogP contribution in [0.4, 0.5) is 0 Å². The number of aliphatic imine (C=N–C) groups is 1. The molecule has 1 aliphatic carbocycles. The molecule has 2 aromatic rings. The van der Waals surface area contributed by atoms with Crippen LogP contribution in [0.1, 0.15) is 48.7 Å². The molecule has 5 nitrogen and oxygen atoms in total. The van der Waals surface area contributed by atoms with E-state index in [-0.39, 0.29) is 11.6 Å². The van der Waals surface area contributed by atoms with Crippen molar-refractivity contribution in [1.29, 1.82) is 0 Å².